The molecule has 0 fully saturated rings. The van der Waals surface area contributed by atoms with Crippen LogP contribution in [0, 0.1) is 5.92 Å². The molecule has 1 aromatic carbocycles. The first kappa shape index (κ1) is 27.4. The Labute approximate surface area is 211 Å². The number of ketones is 1. The second kappa shape index (κ2) is 12.7. The summed E-state index contributed by atoms with van der Waals surface area (Å²) in [5.74, 6) is -2.20. The van der Waals surface area contributed by atoms with E-state index in [4.69, 9.17) is 0 Å². The van der Waals surface area contributed by atoms with Crippen LogP contribution in [-0.4, -0.2) is 54.8 Å². The molecule has 194 valence electrons. The molecule has 36 heavy (non-hydrogen) atoms. The molecule has 11 heteroatoms. The molecule has 2 amide bonds. The van der Waals surface area contributed by atoms with E-state index in [1.54, 1.807) is 30.6 Å². The van der Waals surface area contributed by atoms with Crippen LogP contribution in [0.25, 0.3) is 0 Å². The molecule has 0 radical (unpaired) electrons. The Morgan fingerprint density at radius 2 is 1.72 bits per heavy atom. The Kier molecular flexibility index (Phi) is 9.65. The van der Waals surface area contributed by atoms with Crippen molar-refractivity contribution >= 4 is 27.6 Å². The van der Waals surface area contributed by atoms with Crippen molar-refractivity contribution in [3.63, 3.8) is 0 Å². The minimum atomic E-state index is -3.98. The van der Waals surface area contributed by atoms with Crippen LogP contribution in [-0.2, 0) is 37.2 Å². The van der Waals surface area contributed by atoms with Crippen molar-refractivity contribution in [3.05, 3.63) is 53.9 Å². The molecule has 2 aromatic rings. The van der Waals surface area contributed by atoms with E-state index in [0.717, 1.165) is 24.0 Å². The number of carbonyl (C=O) groups excluding carboxylic acids is 3. The van der Waals surface area contributed by atoms with Gasteiger partial charge in [0.1, 0.15) is 6.04 Å². The Hall–Kier alpha value is -3.18. The zero-order valence-corrected chi connectivity index (χ0v) is 21.4. The Bertz CT molecular complexity index is 1170. The number of aromatic nitrogens is 2. The lowest BCUT2D eigenvalue weighted by atomic mass is 9.96. The summed E-state index contributed by atoms with van der Waals surface area (Å²) in [5.41, 5.74) is 1.92. The predicted molar refractivity (Wildman–Crippen MR) is 133 cm³/mol. The van der Waals surface area contributed by atoms with Gasteiger partial charge in [0, 0.05) is 6.54 Å². The van der Waals surface area contributed by atoms with Gasteiger partial charge >= 0.3 is 0 Å². The van der Waals surface area contributed by atoms with Gasteiger partial charge < -0.3 is 10.6 Å². The number of fused-ring (bicyclic) bond motifs is 1. The van der Waals surface area contributed by atoms with E-state index in [1.165, 1.54) is 12.1 Å². The summed E-state index contributed by atoms with van der Waals surface area (Å²) < 4.78 is 28.3. The number of sulfonamides is 1. The van der Waals surface area contributed by atoms with Crippen molar-refractivity contribution in [1.29, 1.82) is 0 Å². The maximum Gasteiger partial charge on any atom is 0.289 e. The van der Waals surface area contributed by atoms with Gasteiger partial charge in [-0.15, -0.1) is 0 Å². The number of hydrogen-bond donors (Lipinski definition) is 3. The fraction of sp³-hybridized carbons (Fsp3) is 0.480. The molecule has 2 atom stereocenters. The molecule has 2 heterocycles. The fourth-order valence-corrected chi connectivity index (χ4v) is 5.32. The van der Waals surface area contributed by atoms with E-state index in [2.05, 4.69) is 25.6 Å². The van der Waals surface area contributed by atoms with E-state index < -0.39 is 39.7 Å². The van der Waals surface area contributed by atoms with Crippen LogP contribution in [0.15, 0.2) is 47.6 Å². The van der Waals surface area contributed by atoms with E-state index in [1.807, 2.05) is 13.8 Å². The Morgan fingerprint density at radius 3 is 2.39 bits per heavy atom. The highest BCUT2D eigenvalue weighted by Gasteiger charge is 2.32. The average molecular weight is 516 g/mol. The van der Waals surface area contributed by atoms with E-state index in [-0.39, 0.29) is 23.7 Å². The highest BCUT2D eigenvalue weighted by Crippen LogP contribution is 2.16. The van der Waals surface area contributed by atoms with E-state index in [9.17, 15) is 22.8 Å². The number of benzene rings is 1. The number of rotatable bonds is 7. The third kappa shape index (κ3) is 7.66. The van der Waals surface area contributed by atoms with Gasteiger partial charge in [0.05, 0.1) is 23.3 Å². The largest absolute Gasteiger partial charge is 0.349 e. The topological polar surface area (TPSA) is 147 Å². The number of nitrogens with zero attached hydrogens (tertiary/aromatic N) is 2. The van der Waals surface area contributed by atoms with E-state index >= 15 is 0 Å². The number of amides is 2. The molecular formula is C25H33N5O5S. The summed E-state index contributed by atoms with van der Waals surface area (Å²) in [7, 11) is -3.98. The van der Waals surface area contributed by atoms with Crippen LogP contribution in [0.3, 0.4) is 0 Å². The minimum Gasteiger partial charge on any atom is -0.349 e. The first-order valence-electron chi connectivity index (χ1n) is 12.2. The first-order chi connectivity index (χ1) is 17.2. The predicted octanol–water partition coefficient (Wildman–Crippen LogP) is 1.31. The van der Waals surface area contributed by atoms with Crippen molar-refractivity contribution in [3.8, 4) is 0 Å². The Morgan fingerprint density at radius 1 is 1.06 bits per heavy atom. The van der Waals surface area contributed by atoms with Crippen LogP contribution in [0.1, 0.15) is 50.7 Å². The molecule has 3 rings (SSSR count). The maximum absolute atomic E-state index is 13.3. The summed E-state index contributed by atoms with van der Waals surface area (Å²) in [6.45, 7) is 4.07. The SMILES string of the molecule is CC(C)CC(NS(=O)(=O)c1ccccc1)C(=O)NC1CCc2cnncc2CCCCNC(=O)C1=O. The molecule has 0 aliphatic carbocycles. The van der Waals surface area contributed by atoms with Crippen LogP contribution >= 0.6 is 0 Å². The monoisotopic (exact) mass is 515 g/mol. The van der Waals surface area contributed by atoms with Crippen molar-refractivity contribution in [2.24, 2.45) is 5.92 Å². The lowest BCUT2D eigenvalue weighted by Crippen LogP contribution is -2.54. The third-order valence-electron chi connectivity index (χ3n) is 6.00. The van der Waals surface area contributed by atoms with Gasteiger partial charge in [-0.05, 0) is 67.7 Å². The lowest BCUT2D eigenvalue weighted by Gasteiger charge is -2.24. The normalized spacial score (nSPS) is 18.4. The van der Waals surface area contributed by atoms with Crippen molar-refractivity contribution in [1.82, 2.24) is 25.6 Å². The smallest absolute Gasteiger partial charge is 0.289 e. The zero-order valence-electron chi connectivity index (χ0n) is 20.6. The molecule has 1 aromatic heterocycles. The number of aryl methyl sites for hydroxylation is 2. The fourth-order valence-electron chi connectivity index (χ4n) is 4.09. The summed E-state index contributed by atoms with van der Waals surface area (Å²) in [6, 6.07) is 5.52. The van der Waals surface area contributed by atoms with Crippen molar-refractivity contribution in [2.45, 2.75) is 69.4 Å². The average Bonchev–Trinajstić information content (AvgIpc) is 2.85. The molecule has 10 nitrogen and oxygen atoms in total. The van der Waals surface area contributed by atoms with Gasteiger partial charge in [0.2, 0.25) is 21.7 Å². The highest BCUT2D eigenvalue weighted by molar-refractivity contribution is 7.89. The third-order valence-corrected chi connectivity index (χ3v) is 7.49. The highest BCUT2D eigenvalue weighted by atomic mass is 32.2. The number of Topliss-reactive ketones (excluding diaryl/α,β-unsaturated/α-hetero) is 1. The number of hydrogen-bond acceptors (Lipinski definition) is 7. The Balaban J connectivity index is 1.82. The zero-order chi connectivity index (χ0) is 26.1. The molecule has 0 saturated carbocycles. The molecule has 0 bridgehead atoms. The van der Waals surface area contributed by atoms with Gasteiger partial charge in [-0.3, -0.25) is 14.4 Å². The van der Waals surface area contributed by atoms with E-state index in [0.29, 0.717) is 19.4 Å². The molecule has 1 aliphatic rings. The second-order valence-electron chi connectivity index (χ2n) is 9.33. The first-order valence-corrected chi connectivity index (χ1v) is 13.6. The van der Waals surface area contributed by atoms with Crippen molar-refractivity contribution in [2.75, 3.05) is 6.54 Å². The number of carbonyl (C=O) groups is 3. The van der Waals surface area contributed by atoms with Crippen LogP contribution in [0.5, 0.6) is 0 Å². The summed E-state index contributed by atoms with van der Waals surface area (Å²) >= 11 is 0. The van der Waals surface area contributed by atoms with Gasteiger partial charge in [-0.2, -0.15) is 14.9 Å². The van der Waals surface area contributed by atoms with Gasteiger partial charge in [0.25, 0.3) is 5.91 Å². The summed E-state index contributed by atoms with van der Waals surface area (Å²) in [4.78, 5) is 38.8. The lowest BCUT2D eigenvalue weighted by molar-refractivity contribution is -0.140. The molecule has 0 spiro atoms. The molecular weight excluding hydrogens is 482 g/mol. The van der Waals surface area contributed by atoms with Gasteiger partial charge in [-0.25, -0.2) is 8.42 Å². The van der Waals surface area contributed by atoms with Gasteiger partial charge in [0.15, 0.2) is 0 Å². The second-order valence-corrected chi connectivity index (χ2v) is 11.0. The maximum atomic E-state index is 13.3. The summed E-state index contributed by atoms with van der Waals surface area (Å²) in [5, 5.41) is 13.2. The molecule has 3 N–H and O–H groups in total. The molecule has 0 saturated heterocycles. The van der Waals surface area contributed by atoms with Crippen LogP contribution in [0.2, 0.25) is 0 Å². The van der Waals surface area contributed by atoms with Crippen molar-refractivity contribution < 1.29 is 22.8 Å². The van der Waals surface area contributed by atoms with Gasteiger partial charge in [-0.1, -0.05) is 32.0 Å². The minimum absolute atomic E-state index is 0.0139. The molecule has 1 aliphatic heterocycles. The van der Waals surface area contributed by atoms with Crippen LogP contribution < -0.4 is 15.4 Å². The molecule has 2 unspecified atom stereocenters. The number of nitrogens with one attached hydrogen (secondary N) is 3. The quantitative estimate of drug-likeness (QED) is 0.471. The standard InChI is InChI=1S/C25H33N5O5S/c1-17(2)14-22(30-36(34,35)20-9-4-3-5-10-20)24(32)29-21-12-11-19-16-28-27-15-18(19)8-6-7-13-26-25(33)23(21)31/h3-5,9-10,15-17,21-22,30H,6-8,11-14H2,1-2H3,(H,26,33)(H,29,32). The van der Waals surface area contributed by atoms with Crippen LogP contribution in [0.4, 0.5) is 0 Å². The summed E-state index contributed by atoms with van der Waals surface area (Å²) in [6.07, 6.45) is 6.40.